The normalized spacial score (nSPS) is 14.4. The summed E-state index contributed by atoms with van der Waals surface area (Å²) >= 11 is 13.0. The molecular weight excluding hydrogens is 514 g/mol. The lowest BCUT2D eigenvalue weighted by Gasteiger charge is -2.22. The van der Waals surface area contributed by atoms with Crippen molar-refractivity contribution in [1.29, 1.82) is 5.26 Å². The molecule has 2 N–H and O–H groups in total. The van der Waals surface area contributed by atoms with Gasteiger partial charge in [0, 0.05) is 29.4 Å². The molecule has 37 heavy (non-hydrogen) atoms. The van der Waals surface area contributed by atoms with Crippen LogP contribution in [0.4, 0.5) is 15.8 Å². The van der Waals surface area contributed by atoms with Gasteiger partial charge in [-0.05, 0) is 42.5 Å². The summed E-state index contributed by atoms with van der Waals surface area (Å²) < 4.78 is 15.6. The minimum Gasteiger partial charge on any atom is -0.383 e. The largest absolute Gasteiger partial charge is 0.383 e. The van der Waals surface area contributed by atoms with Crippen molar-refractivity contribution < 1.29 is 4.39 Å². The van der Waals surface area contributed by atoms with Crippen molar-refractivity contribution in [3.63, 3.8) is 0 Å². The molecule has 0 saturated heterocycles. The lowest BCUT2D eigenvalue weighted by molar-refractivity contribution is 0.443. The van der Waals surface area contributed by atoms with Gasteiger partial charge in [-0.15, -0.1) is 5.10 Å². The van der Waals surface area contributed by atoms with Crippen LogP contribution in [0, 0.1) is 22.7 Å². The van der Waals surface area contributed by atoms with Crippen LogP contribution in [0.25, 0.3) is 10.9 Å². The summed E-state index contributed by atoms with van der Waals surface area (Å²) in [5.74, 6) is -0.674. The van der Waals surface area contributed by atoms with Gasteiger partial charge in [0.25, 0.3) is 0 Å². The smallest absolute Gasteiger partial charge is 0.214 e. The molecule has 1 atom stereocenters. The van der Waals surface area contributed by atoms with Crippen molar-refractivity contribution in [3.8, 4) is 6.07 Å². The second-order valence-electron chi connectivity index (χ2n) is 10.4. The Bertz CT molecular complexity index is 1520. The summed E-state index contributed by atoms with van der Waals surface area (Å²) in [6.07, 6.45) is 5.50. The van der Waals surface area contributed by atoms with Crippen molar-refractivity contribution in [1.82, 2.24) is 25.0 Å². The number of nitrogens with zero attached hydrogens (tertiary/aromatic N) is 6. The minimum atomic E-state index is -0.674. The molecule has 1 fully saturated rings. The van der Waals surface area contributed by atoms with E-state index >= 15 is 0 Å². The standard InChI is InChI=1S/C26H25Cl2FN8/c1-26(2,3)13-32-22-14(10-30)11-31-23-18(22)8-15(9-19(23)27)33-24(17-6-7-21(29)34-25(17)28)20-12-37(36-35-20)16-4-5-16/h6-9,11-12,16,24,33H,4-5,13H2,1-3H3,(H,31,32). The molecule has 1 unspecified atom stereocenters. The van der Waals surface area contributed by atoms with Crippen LogP contribution in [0.5, 0.6) is 0 Å². The Balaban J connectivity index is 1.60. The predicted octanol–water partition coefficient (Wildman–Crippen LogP) is 6.53. The first-order valence-electron chi connectivity index (χ1n) is 11.9. The van der Waals surface area contributed by atoms with Crippen molar-refractivity contribution in [2.24, 2.45) is 5.41 Å². The maximum Gasteiger partial charge on any atom is 0.214 e. The summed E-state index contributed by atoms with van der Waals surface area (Å²) in [5.41, 5.74) is 3.41. The summed E-state index contributed by atoms with van der Waals surface area (Å²) in [7, 11) is 0. The third kappa shape index (κ3) is 5.45. The number of anilines is 2. The number of nitrogens with one attached hydrogen (secondary N) is 2. The van der Waals surface area contributed by atoms with E-state index in [4.69, 9.17) is 23.2 Å². The lowest BCUT2D eigenvalue weighted by atomic mass is 9.96. The average molecular weight is 539 g/mol. The highest BCUT2D eigenvalue weighted by Gasteiger charge is 2.28. The second kappa shape index (κ2) is 9.77. The highest BCUT2D eigenvalue weighted by molar-refractivity contribution is 6.36. The number of hydrogen-bond acceptors (Lipinski definition) is 7. The first-order chi connectivity index (χ1) is 17.6. The van der Waals surface area contributed by atoms with E-state index in [1.54, 1.807) is 12.1 Å². The van der Waals surface area contributed by atoms with Crippen LogP contribution in [-0.4, -0.2) is 31.5 Å². The predicted molar refractivity (Wildman–Crippen MR) is 142 cm³/mol. The molecule has 3 heterocycles. The van der Waals surface area contributed by atoms with E-state index in [0.717, 1.165) is 12.8 Å². The molecule has 1 aliphatic carbocycles. The van der Waals surface area contributed by atoms with E-state index < -0.39 is 12.0 Å². The second-order valence-corrected chi connectivity index (χ2v) is 11.1. The van der Waals surface area contributed by atoms with Gasteiger partial charge in [-0.3, -0.25) is 4.98 Å². The molecule has 0 bridgehead atoms. The van der Waals surface area contributed by atoms with Crippen LogP contribution in [0.1, 0.15) is 62.5 Å². The molecular formula is C26H25Cl2FN8. The van der Waals surface area contributed by atoms with Crippen LogP contribution in [0.3, 0.4) is 0 Å². The molecule has 11 heteroatoms. The van der Waals surface area contributed by atoms with E-state index in [0.29, 0.717) is 56.7 Å². The third-order valence-electron chi connectivity index (χ3n) is 6.05. The Morgan fingerprint density at radius 1 is 1.24 bits per heavy atom. The van der Waals surface area contributed by atoms with Crippen molar-refractivity contribution >= 4 is 45.5 Å². The number of fused-ring (bicyclic) bond motifs is 1. The zero-order valence-electron chi connectivity index (χ0n) is 20.6. The van der Waals surface area contributed by atoms with Crippen LogP contribution in [0.2, 0.25) is 10.2 Å². The highest BCUT2D eigenvalue weighted by Crippen LogP contribution is 2.38. The Kier molecular flexibility index (Phi) is 6.65. The van der Waals surface area contributed by atoms with Crippen LogP contribution in [0.15, 0.2) is 36.7 Å². The number of pyridine rings is 2. The highest BCUT2D eigenvalue weighted by atomic mass is 35.5. The summed E-state index contributed by atoms with van der Waals surface area (Å²) in [5, 5.41) is 26.4. The Labute approximate surface area is 223 Å². The number of nitriles is 1. The molecule has 1 aliphatic rings. The third-order valence-corrected chi connectivity index (χ3v) is 6.64. The fraction of sp³-hybridized carbons (Fsp3) is 0.346. The molecule has 190 valence electrons. The number of benzene rings is 1. The van der Waals surface area contributed by atoms with E-state index in [1.165, 1.54) is 12.3 Å². The number of aromatic nitrogens is 5. The van der Waals surface area contributed by atoms with Crippen molar-refractivity contribution in [2.45, 2.75) is 45.7 Å². The molecule has 0 radical (unpaired) electrons. The molecule has 1 aromatic carbocycles. The monoisotopic (exact) mass is 538 g/mol. The van der Waals surface area contributed by atoms with E-state index in [1.807, 2.05) is 16.9 Å². The van der Waals surface area contributed by atoms with Gasteiger partial charge in [-0.2, -0.15) is 9.65 Å². The number of halogens is 3. The van der Waals surface area contributed by atoms with Gasteiger partial charge in [0.1, 0.15) is 23.0 Å². The molecule has 5 rings (SSSR count). The first kappa shape index (κ1) is 25.2. The number of rotatable bonds is 7. The van der Waals surface area contributed by atoms with Gasteiger partial charge in [-0.1, -0.05) is 49.2 Å². The maximum absolute atomic E-state index is 13.8. The zero-order chi connectivity index (χ0) is 26.3. The molecule has 0 spiro atoms. The Morgan fingerprint density at radius 3 is 2.70 bits per heavy atom. The van der Waals surface area contributed by atoms with Gasteiger partial charge < -0.3 is 10.6 Å². The zero-order valence-corrected chi connectivity index (χ0v) is 22.1. The molecule has 1 saturated carbocycles. The molecule has 4 aromatic rings. The fourth-order valence-electron chi connectivity index (χ4n) is 4.03. The van der Waals surface area contributed by atoms with Crippen molar-refractivity contribution in [3.05, 3.63) is 69.6 Å². The average Bonchev–Trinajstić information content (AvgIpc) is 3.57. The van der Waals surface area contributed by atoms with E-state index in [-0.39, 0.29) is 10.6 Å². The molecule has 0 amide bonds. The SMILES string of the molecule is CC(C)(C)CNc1c(C#N)cnc2c(Cl)cc(NC(c3cn(C4CC4)nn3)c3ccc(F)nc3Cl)cc12. The Hall–Kier alpha value is -3.48. The van der Waals surface area contributed by atoms with Crippen LogP contribution in [-0.2, 0) is 0 Å². The summed E-state index contributed by atoms with van der Waals surface area (Å²) in [4.78, 5) is 8.22. The van der Waals surface area contributed by atoms with Gasteiger partial charge in [0.15, 0.2) is 0 Å². The molecule has 0 aliphatic heterocycles. The first-order valence-corrected chi connectivity index (χ1v) is 12.6. The maximum atomic E-state index is 13.8. The van der Waals surface area contributed by atoms with E-state index in [9.17, 15) is 9.65 Å². The topological polar surface area (TPSA) is 104 Å². The summed E-state index contributed by atoms with van der Waals surface area (Å²) in [6.45, 7) is 6.96. The van der Waals surface area contributed by atoms with Gasteiger partial charge in [-0.25, -0.2) is 9.67 Å². The van der Waals surface area contributed by atoms with Gasteiger partial charge in [0.05, 0.1) is 34.0 Å². The summed E-state index contributed by atoms with van der Waals surface area (Å²) in [6, 6.07) is 8.43. The van der Waals surface area contributed by atoms with E-state index in [2.05, 4.69) is 57.8 Å². The quantitative estimate of drug-likeness (QED) is 0.257. The van der Waals surface area contributed by atoms with Crippen LogP contribution < -0.4 is 10.6 Å². The van der Waals surface area contributed by atoms with Crippen LogP contribution >= 0.6 is 23.2 Å². The van der Waals surface area contributed by atoms with Gasteiger partial charge >= 0.3 is 0 Å². The fourth-order valence-corrected chi connectivity index (χ4v) is 4.55. The Morgan fingerprint density at radius 2 is 2.03 bits per heavy atom. The molecule has 8 nitrogen and oxygen atoms in total. The lowest BCUT2D eigenvalue weighted by Crippen LogP contribution is -2.20. The minimum absolute atomic E-state index is 0.0197. The van der Waals surface area contributed by atoms with Gasteiger partial charge in [0.2, 0.25) is 5.95 Å². The number of hydrogen-bond donors (Lipinski definition) is 2. The van der Waals surface area contributed by atoms with Crippen molar-refractivity contribution in [2.75, 3.05) is 17.2 Å². The molecule has 3 aromatic heterocycles.